The first-order chi connectivity index (χ1) is 10.9. The number of carbonyl (C=O) groups excluding carboxylic acids is 1. The van der Waals surface area contributed by atoms with Gasteiger partial charge in [-0.15, -0.1) is 0 Å². The summed E-state index contributed by atoms with van der Waals surface area (Å²) in [4.78, 5) is 27.2. The van der Waals surface area contributed by atoms with Gasteiger partial charge in [-0.1, -0.05) is 37.3 Å². The summed E-state index contributed by atoms with van der Waals surface area (Å²) in [6.45, 7) is 2.11. The second-order valence-corrected chi connectivity index (χ2v) is 5.44. The van der Waals surface area contributed by atoms with Crippen LogP contribution < -0.4 is 16.8 Å². The van der Waals surface area contributed by atoms with Crippen molar-refractivity contribution in [2.45, 2.75) is 32.2 Å². The number of hydrogen-bond donors (Lipinski definition) is 4. The van der Waals surface area contributed by atoms with Gasteiger partial charge in [0, 0.05) is 12.5 Å². The van der Waals surface area contributed by atoms with E-state index in [1.807, 2.05) is 30.3 Å². The number of carboxylic acid groups (broad SMARTS) is 1. The van der Waals surface area contributed by atoms with Crippen molar-refractivity contribution in [3.63, 3.8) is 0 Å². The average molecular weight is 320 g/mol. The number of amides is 1. The van der Waals surface area contributed by atoms with Crippen LogP contribution >= 0.6 is 0 Å². The Hall–Kier alpha value is -2.57. The van der Waals surface area contributed by atoms with Crippen LogP contribution in [0.3, 0.4) is 0 Å². The van der Waals surface area contributed by atoms with E-state index in [1.165, 1.54) is 0 Å². The van der Waals surface area contributed by atoms with Gasteiger partial charge in [0.05, 0.1) is 0 Å². The van der Waals surface area contributed by atoms with E-state index in [4.69, 9.17) is 11.5 Å². The van der Waals surface area contributed by atoms with Crippen LogP contribution in [0, 0.1) is 5.92 Å². The molecule has 0 saturated carbocycles. The van der Waals surface area contributed by atoms with Crippen LogP contribution in [0.5, 0.6) is 0 Å². The summed E-state index contributed by atoms with van der Waals surface area (Å²) in [6, 6.07) is 8.66. The number of nitrogens with two attached hydrogens (primary N) is 2. The lowest BCUT2D eigenvalue weighted by molar-refractivity contribution is -0.142. The number of hydrogen-bond acceptors (Lipinski definition) is 3. The monoisotopic (exact) mass is 320 g/mol. The molecule has 1 aromatic carbocycles. The van der Waals surface area contributed by atoms with E-state index >= 15 is 0 Å². The van der Waals surface area contributed by atoms with Crippen molar-refractivity contribution in [1.82, 2.24) is 5.32 Å². The SMILES string of the molecule is C[C@@H](Cc1ccccc1)C(=O)N[C@@H](CCCN=C(N)N)C(=O)O. The number of carbonyl (C=O) groups is 2. The average Bonchev–Trinajstić information content (AvgIpc) is 2.50. The zero-order valence-electron chi connectivity index (χ0n) is 13.2. The lowest BCUT2D eigenvalue weighted by Gasteiger charge is -2.17. The predicted octanol–water partition coefficient (Wildman–Crippen LogP) is 0.488. The zero-order valence-corrected chi connectivity index (χ0v) is 13.2. The maximum atomic E-state index is 12.2. The second-order valence-electron chi connectivity index (χ2n) is 5.44. The smallest absolute Gasteiger partial charge is 0.326 e. The minimum atomic E-state index is -1.06. The van der Waals surface area contributed by atoms with Gasteiger partial charge in [-0.25, -0.2) is 4.79 Å². The molecule has 0 fully saturated rings. The van der Waals surface area contributed by atoms with Crippen LogP contribution in [0.1, 0.15) is 25.3 Å². The summed E-state index contributed by atoms with van der Waals surface area (Å²) < 4.78 is 0. The molecule has 126 valence electrons. The minimum absolute atomic E-state index is 0.0302. The quantitative estimate of drug-likeness (QED) is 0.299. The van der Waals surface area contributed by atoms with Gasteiger partial charge in [0.1, 0.15) is 6.04 Å². The van der Waals surface area contributed by atoms with E-state index in [1.54, 1.807) is 6.92 Å². The molecule has 0 aliphatic rings. The molecule has 0 spiro atoms. The van der Waals surface area contributed by atoms with E-state index < -0.39 is 12.0 Å². The number of nitrogens with one attached hydrogen (secondary N) is 1. The van der Waals surface area contributed by atoms with Crippen molar-refractivity contribution in [2.24, 2.45) is 22.4 Å². The standard InChI is InChI=1S/C16H24N4O3/c1-11(10-12-6-3-2-4-7-12)14(21)20-13(15(22)23)8-5-9-19-16(17)18/h2-4,6-7,11,13H,5,8-10H2,1H3,(H,20,21)(H,22,23)(H4,17,18,19)/t11-,13-/m0/s1. The lowest BCUT2D eigenvalue weighted by atomic mass is 9.99. The zero-order chi connectivity index (χ0) is 17.2. The molecule has 6 N–H and O–H groups in total. The van der Waals surface area contributed by atoms with Crippen LogP contribution in [0.15, 0.2) is 35.3 Å². The summed E-state index contributed by atoms with van der Waals surface area (Å²) in [6.07, 6.45) is 1.31. The molecule has 0 bridgehead atoms. The number of benzene rings is 1. The van der Waals surface area contributed by atoms with Crippen molar-refractivity contribution < 1.29 is 14.7 Å². The molecular formula is C16H24N4O3. The minimum Gasteiger partial charge on any atom is -0.480 e. The highest BCUT2D eigenvalue weighted by molar-refractivity contribution is 5.84. The maximum absolute atomic E-state index is 12.2. The van der Waals surface area contributed by atoms with Gasteiger partial charge in [-0.2, -0.15) is 0 Å². The van der Waals surface area contributed by atoms with Crippen molar-refractivity contribution in [3.8, 4) is 0 Å². The number of aliphatic carboxylic acids is 1. The normalized spacial score (nSPS) is 12.9. The summed E-state index contributed by atoms with van der Waals surface area (Å²) in [5.41, 5.74) is 11.4. The maximum Gasteiger partial charge on any atom is 0.326 e. The van der Waals surface area contributed by atoms with Crippen LogP contribution in [0.2, 0.25) is 0 Å². The fourth-order valence-corrected chi connectivity index (χ4v) is 2.14. The third-order valence-electron chi connectivity index (χ3n) is 3.39. The topological polar surface area (TPSA) is 131 Å². The lowest BCUT2D eigenvalue weighted by Crippen LogP contribution is -2.43. The molecule has 1 aromatic rings. The van der Waals surface area contributed by atoms with Crippen molar-refractivity contribution >= 4 is 17.8 Å². The molecule has 7 heteroatoms. The van der Waals surface area contributed by atoms with Gasteiger partial charge in [0.2, 0.25) is 5.91 Å². The van der Waals surface area contributed by atoms with E-state index in [9.17, 15) is 14.7 Å². The molecule has 0 radical (unpaired) electrons. The highest BCUT2D eigenvalue weighted by Gasteiger charge is 2.22. The summed E-state index contributed by atoms with van der Waals surface area (Å²) >= 11 is 0. The molecule has 0 aliphatic carbocycles. The van der Waals surface area contributed by atoms with Crippen molar-refractivity contribution in [1.29, 1.82) is 0 Å². The fraction of sp³-hybridized carbons (Fsp3) is 0.438. The molecule has 0 heterocycles. The highest BCUT2D eigenvalue weighted by Crippen LogP contribution is 2.09. The van der Waals surface area contributed by atoms with Gasteiger partial charge in [-0.3, -0.25) is 9.79 Å². The van der Waals surface area contributed by atoms with Crippen molar-refractivity contribution in [2.75, 3.05) is 6.54 Å². The van der Waals surface area contributed by atoms with Gasteiger partial charge in [-0.05, 0) is 24.8 Å². The van der Waals surface area contributed by atoms with Gasteiger partial charge >= 0.3 is 5.97 Å². The Morgan fingerprint density at radius 3 is 2.48 bits per heavy atom. The molecule has 0 unspecified atom stereocenters. The van der Waals surface area contributed by atoms with Gasteiger partial charge in [0.25, 0.3) is 0 Å². The fourth-order valence-electron chi connectivity index (χ4n) is 2.14. The molecule has 1 amide bonds. The third kappa shape index (κ3) is 7.30. The Morgan fingerprint density at radius 2 is 1.91 bits per heavy atom. The number of carboxylic acids is 1. The summed E-state index contributed by atoms with van der Waals surface area (Å²) in [7, 11) is 0. The Bertz CT molecular complexity index is 542. The van der Waals surface area contributed by atoms with Crippen LogP contribution in [0.4, 0.5) is 0 Å². The molecular weight excluding hydrogens is 296 g/mol. The van der Waals surface area contributed by atoms with Crippen LogP contribution in [0.25, 0.3) is 0 Å². The Kier molecular flexibility index (Phi) is 7.59. The molecule has 1 rings (SSSR count). The Balaban J connectivity index is 2.49. The number of guanidine groups is 1. The Labute approximate surface area is 135 Å². The molecule has 0 aliphatic heterocycles. The largest absolute Gasteiger partial charge is 0.480 e. The number of rotatable bonds is 9. The first kappa shape index (κ1) is 18.5. The Morgan fingerprint density at radius 1 is 1.26 bits per heavy atom. The van der Waals surface area contributed by atoms with Crippen molar-refractivity contribution in [3.05, 3.63) is 35.9 Å². The molecule has 23 heavy (non-hydrogen) atoms. The predicted molar refractivity (Wildman–Crippen MR) is 88.8 cm³/mol. The van der Waals surface area contributed by atoms with E-state index in [0.717, 1.165) is 5.56 Å². The molecule has 0 aromatic heterocycles. The van der Waals surface area contributed by atoms with Crippen LogP contribution in [-0.2, 0) is 16.0 Å². The van der Waals surface area contributed by atoms with E-state index in [0.29, 0.717) is 19.4 Å². The van der Waals surface area contributed by atoms with Gasteiger partial charge < -0.3 is 21.9 Å². The van der Waals surface area contributed by atoms with E-state index in [2.05, 4.69) is 10.3 Å². The second kappa shape index (κ2) is 9.45. The van der Waals surface area contributed by atoms with Gasteiger partial charge in [0.15, 0.2) is 5.96 Å². The highest BCUT2D eigenvalue weighted by atomic mass is 16.4. The summed E-state index contributed by atoms with van der Waals surface area (Å²) in [5.74, 6) is -1.67. The molecule has 7 nitrogen and oxygen atoms in total. The first-order valence-electron chi connectivity index (χ1n) is 7.52. The first-order valence-corrected chi connectivity index (χ1v) is 7.52. The molecule has 0 saturated heterocycles. The summed E-state index contributed by atoms with van der Waals surface area (Å²) in [5, 5.41) is 11.8. The number of aliphatic imine (C=N–C) groups is 1. The number of nitrogens with zero attached hydrogens (tertiary/aromatic N) is 1. The third-order valence-corrected chi connectivity index (χ3v) is 3.39. The van der Waals surface area contributed by atoms with Crippen LogP contribution in [-0.4, -0.2) is 35.5 Å². The molecule has 2 atom stereocenters. The van der Waals surface area contributed by atoms with E-state index in [-0.39, 0.29) is 24.2 Å².